The van der Waals surface area contributed by atoms with Crippen molar-refractivity contribution in [2.45, 2.75) is 19.6 Å². The third kappa shape index (κ3) is 4.99. The summed E-state index contributed by atoms with van der Waals surface area (Å²) in [6.45, 7) is -0.485. The number of carbonyl (C=O) groups is 2. The molecule has 30 heavy (non-hydrogen) atoms. The van der Waals surface area contributed by atoms with Crippen LogP contribution < -0.4 is 5.32 Å². The van der Waals surface area contributed by atoms with E-state index in [1.165, 1.54) is 0 Å². The van der Waals surface area contributed by atoms with E-state index in [0.29, 0.717) is 12.1 Å². The Morgan fingerprint density at radius 2 is 1.77 bits per heavy atom. The Kier molecular flexibility index (Phi) is 6.41. The monoisotopic (exact) mass is 419 g/mol. The SMILES string of the molecule is O=C(O)C1=C(OCc2ccccc2)CC(C(=O)NCc2c(F)cc(F)cc2F)=CO1. The second-order valence-electron chi connectivity index (χ2n) is 6.30. The average molecular weight is 419 g/mol. The molecule has 2 N–H and O–H groups in total. The molecule has 1 aliphatic heterocycles. The number of rotatable bonds is 7. The molecule has 6 nitrogen and oxygen atoms in total. The van der Waals surface area contributed by atoms with E-state index in [1.807, 2.05) is 6.07 Å². The minimum Gasteiger partial charge on any atom is -0.489 e. The van der Waals surface area contributed by atoms with E-state index in [0.717, 1.165) is 11.8 Å². The van der Waals surface area contributed by atoms with Crippen molar-refractivity contribution in [3.8, 4) is 0 Å². The van der Waals surface area contributed by atoms with Crippen molar-refractivity contribution in [1.82, 2.24) is 5.32 Å². The van der Waals surface area contributed by atoms with Crippen LogP contribution in [-0.2, 0) is 32.2 Å². The molecule has 0 unspecified atom stereocenters. The fourth-order valence-electron chi connectivity index (χ4n) is 2.68. The van der Waals surface area contributed by atoms with Gasteiger partial charge in [-0.3, -0.25) is 4.79 Å². The van der Waals surface area contributed by atoms with Gasteiger partial charge in [0.2, 0.25) is 5.76 Å². The van der Waals surface area contributed by atoms with Crippen molar-refractivity contribution < 1.29 is 37.3 Å². The van der Waals surface area contributed by atoms with Crippen LogP contribution >= 0.6 is 0 Å². The highest BCUT2D eigenvalue weighted by molar-refractivity contribution is 5.95. The van der Waals surface area contributed by atoms with Crippen molar-refractivity contribution >= 4 is 11.9 Å². The standard InChI is InChI=1S/C21H16F3NO5/c22-14-7-16(23)15(17(24)8-14)9-25-20(26)13-6-18(19(21(27)28)30-11-13)29-10-12-4-2-1-3-5-12/h1-5,7-8,11H,6,9-10H2,(H,25,26)(H,27,28). The van der Waals surface area contributed by atoms with Gasteiger partial charge < -0.3 is 19.9 Å². The predicted molar refractivity (Wildman–Crippen MR) is 97.8 cm³/mol. The number of carboxylic acids is 1. The smallest absolute Gasteiger partial charge is 0.375 e. The van der Waals surface area contributed by atoms with Crippen LogP contribution in [0.5, 0.6) is 0 Å². The zero-order valence-electron chi connectivity index (χ0n) is 15.5. The van der Waals surface area contributed by atoms with Crippen LogP contribution in [0.15, 0.2) is 65.8 Å². The molecule has 0 atom stereocenters. The molecule has 0 saturated heterocycles. The number of hydrogen-bond acceptors (Lipinski definition) is 4. The van der Waals surface area contributed by atoms with Crippen molar-refractivity contribution in [2.24, 2.45) is 0 Å². The fraction of sp³-hybridized carbons (Fsp3) is 0.143. The van der Waals surface area contributed by atoms with E-state index in [-0.39, 0.29) is 24.4 Å². The first-order chi connectivity index (χ1) is 14.3. The number of nitrogens with one attached hydrogen (secondary N) is 1. The molecule has 156 valence electrons. The van der Waals surface area contributed by atoms with Crippen molar-refractivity contribution in [2.75, 3.05) is 0 Å². The summed E-state index contributed by atoms with van der Waals surface area (Å²) in [5.41, 5.74) is 0.257. The lowest BCUT2D eigenvalue weighted by Gasteiger charge is -2.19. The number of halogens is 3. The Bertz CT molecular complexity index is 1010. The highest BCUT2D eigenvalue weighted by atomic mass is 19.1. The molecule has 2 aromatic carbocycles. The summed E-state index contributed by atoms with van der Waals surface area (Å²) in [6, 6.07) is 9.95. The van der Waals surface area contributed by atoms with Crippen LogP contribution in [0.4, 0.5) is 13.2 Å². The number of aliphatic carboxylic acids is 1. The number of allylic oxidation sites excluding steroid dienone is 1. The minimum absolute atomic E-state index is 0.00834. The summed E-state index contributed by atoms with van der Waals surface area (Å²) < 4.78 is 50.9. The molecule has 0 aliphatic carbocycles. The molecule has 9 heteroatoms. The summed E-state index contributed by atoms with van der Waals surface area (Å²) in [7, 11) is 0. The zero-order valence-corrected chi connectivity index (χ0v) is 15.5. The molecule has 0 bridgehead atoms. The van der Waals surface area contributed by atoms with Crippen molar-refractivity contribution in [1.29, 1.82) is 0 Å². The largest absolute Gasteiger partial charge is 0.489 e. The van der Waals surface area contributed by atoms with Gasteiger partial charge in [0.1, 0.15) is 30.3 Å². The van der Waals surface area contributed by atoms with Crippen LogP contribution in [0.1, 0.15) is 17.5 Å². The number of hydrogen-bond donors (Lipinski definition) is 2. The molecular weight excluding hydrogens is 403 g/mol. The first kappa shape index (κ1) is 21.0. The number of benzene rings is 2. The summed E-state index contributed by atoms with van der Waals surface area (Å²) in [5, 5.41) is 11.6. The molecule has 1 amide bonds. The van der Waals surface area contributed by atoms with Crippen molar-refractivity contribution in [3.05, 3.63) is 94.4 Å². The molecule has 0 radical (unpaired) electrons. The van der Waals surface area contributed by atoms with E-state index >= 15 is 0 Å². The maximum Gasteiger partial charge on any atom is 0.375 e. The second-order valence-corrected chi connectivity index (χ2v) is 6.30. The highest BCUT2D eigenvalue weighted by Crippen LogP contribution is 2.25. The molecule has 0 fully saturated rings. The Morgan fingerprint density at radius 3 is 2.40 bits per heavy atom. The van der Waals surface area contributed by atoms with Crippen LogP contribution in [0, 0.1) is 17.5 Å². The molecule has 2 aromatic rings. The third-order valence-corrected chi connectivity index (χ3v) is 4.20. The van der Waals surface area contributed by atoms with E-state index in [4.69, 9.17) is 9.47 Å². The number of carboxylic acid groups (broad SMARTS) is 1. The van der Waals surface area contributed by atoms with Gasteiger partial charge in [-0.15, -0.1) is 0 Å². The molecule has 3 rings (SSSR count). The average Bonchev–Trinajstić information content (AvgIpc) is 2.71. The lowest BCUT2D eigenvalue weighted by atomic mass is 10.1. The highest BCUT2D eigenvalue weighted by Gasteiger charge is 2.26. The van der Waals surface area contributed by atoms with Gasteiger partial charge in [-0.2, -0.15) is 0 Å². The van der Waals surface area contributed by atoms with Gasteiger partial charge in [-0.05, 0) is 5.56 Å². The normalized spacial score (nSPS) is 13.4. The zero-order chi connectivity index (χ0) is 21.7. The molecule has 1 aliphatic rings. The summed E-state index contributed by atoms with van der Waals surface area (Å²) >= 11 is 0. The topological polar surface area (TPSA) is 84.9 Å². The lowest BCUT2D eigenvalue weighted by molar-refractivity contribution is -0.136. The molecular formula is C21H16F3NO5. The minimum atomic E-state index is -1.37. The Labute approximate surface area is 169 Å². The van der Waals surface area contributed by atoms with Gasteiger partial charge in [0, 0.05) is 30.7 Å². The fourth-order valence-corrected chi connectivity index (χ4v) is 2.68. The number of amides is 1. The molecule has 0 spiro atoms. The maximum atomic E-state index is 13.7. The van der Waals surface area contributed by atoms with Gasteiger partial charge >= 0.3 is 5.97 Å². The molecule has 1 heterocycles. The number of ether oxygens (including phenoxy) is 2. The van der Waals surface area contributed by atoms with E-state index < -0.39 is 47.2 Å². The van der Waals surface area contributed by atoms with Gasteiger partial charge in [0.05, 0.1) is 5.57 Å². The van der Waals surface area contributed by atoms with Gasteiger partial charge in [-0.1, -0.05) is 30.3 Å². The van der Waals surface area contributed by atoms with Gasteiger partial charge in [0.15, 0.2) is 5.76 Å². The Morgan fingerprint density at radius 1 is 1.10 bits per heavy atom. The van der Waals surface area contributed by atoms with Crippen LogP contribution in [0.2, 0.25) is 0 Å². The number of carbonyl (C=O) groups excluding carboxylic acids is 1. The molecule has 0 aromatic heterocycles. The van der Waals surface area contributed by atoms with Gasteiger partial charge in [0.25, 0.3) is 5.91 Å². The van der Waals surface area contributed by atoms with E-state index in [9.17, 15) is 27.9 Å². The molecule has 0 saturated carbocycles. The predicted octanol–water partition coefficient (Wildman–Crippen LogP) is 3.54. The quantitative estimate of drug-likeness (QED) is 0.717. The van der Waals surface area contributed by atoms with Crippen LogP contribution in [-0.4, -0.2) is 17.0 Å². The first-order valence-electron chi connectivity index (χ1n) is 8.75. The van der Waals surface area contributed by atoms with Crippen LogP contribution in [0.3, 0.4) is 0 Å². The van der Waals surface area contributed by atoms with E-state index in [1.54, 1.807) is 24.3 Å². The first-order valence-corrected chi connectivity index (χ1v) is 8.75. The summed E-state index contributed by atoms with van der Waals surface area (Å²) in [6.07, 6.45) is 0.736. The summed E-state index contributed by atoms with van der Waals surface area (Å²) in [4.78, 5) is 23.7. The Balaban J connectivity index is 1.67. The van der Waals surface area contributed by atoms with Gasteiger partial charge in [-0.25, -0.2) is 18.0 Å². The third-order valence-electron chi connectivity index (χ3n) is 4.20. The Hall–Kier alpha value is -3.75. The van der Waals surface area contributed by atoms with E-state index in [2.05, 4.69) is 5.32 Å². The second kappa shape index (κ2) is 9.17. The summed E-state index contributed by atoms with van der Waals surface area (Å²) in [5.74, 6) is -6.00. The maximum absolute atomic E-state index is 13.7. The van der Waals surface area contributed by atoms with Crippen LogP contribution in [0.25, 0.3) is 0 Å². The lowest BCUT2D eigenvalue weighted by Crippen LogP contribution is -2.28. The van der Waals surface area contributed by atoms with Crippen molar-refractivity contribution in [3.63, 3.8) is 0 Å².